The van der Waals surface area contributed by atoms with E-state index < -0.39 is 12.1 Å². The standard InChI is InChI=1S/C14H16F3NO2/c15-14(16,17)10-5-6-18(7-10)8-11-9-19-12-3-1-2-4-13(12)20-11/h1-4,10-11H,5-9H2. The van der Waals surface area contributed by atoms with E-state index in [-0.39, 0.29) is 19.1 Å². The van der Waals surface area contributed by atoms with Gasteiger partial charge in [0.25, 0.3) is 0 Å². The first-order valence-corrected chi connectivity index (χ1v) is 6.70. The van der Waals surface area contributed by atoms with Crippen LogP contribution in [0.15, 0.2) is 24.3 Å². The number of likely N-dealkylation sites (tertiary alicyclic amines) is 1. The summed E-state index contributed by atoms with van der Waals surface area (Å²) in [7, 11) is 0. The first kappa shape index (κ1) is 13.5. The molecule has 0 saturated carbocycles. The lowest BCUT2D eigenvalue weighted by Gasteiger charge is -2.29. The molecule has 2 atom stereocenters. The van der Waals surface area contributed by atoms with Gasteiger partial charge < -0.3 is 9.47 Å². The van der Waals surface area contributed by atoms with Crippen molar-refractivity contribution in [2.24, 2.45) is 5.92 Å². The van der Waals surface area contributed by atoms with Crippen molar-refractivity contribution >= 4 is 0 Å². The fourth-order valence-corrected chi connectivity index (χ4v) is 2.71. The molecule has 1 fully saturated rings. The molecule has 1 saturated heterocycles. The van der Waals surface area contributed by atoms with Crippen molar-refractivity contribution in [3.8, 4) is 11.5 Å². The lowest BCUT2D eigenvalue weighted by Crippen LogP contribution is -2.40. The molecule has 0 aliphatic carbocycles. The molecule has 2 heterocycles. The Hall–Kier alpha value is -1.43. The van der Waals surface area contributed by atoms with Gasteiger partial charge in [-0.05, 0) is 25.1 Å². The second-order valence-electron chi connectivity index (χ2n) is 5.28. The zero-order valence-electron chi connectivity index (χ0n) is 10.9. The fourth-order valence-electron chi connectivity index (χ4n) is 2.71. The summed E-state index contributed by atoms with van der Waals surface area (Å²) in [5.41, 5.74) is 0. The van der Waals surface area contributed by atoms with Crippen LogP contribution in [0.3, 0.4) is 0 Å². The van der Waals surface area contributed by atoms with Crippen LogP contribution in [-0.4, -0.2) is 43.4 Å². The molecule has 0 aromatic heterocycles. The van der Waals surface area contributed by atoms with Gasteiger partial charge in [0, 0.05) is 13.1 Å². The summed E-state index contributed by atoms with van der Waals surface area (Å²) in [5, 5.41) is 0. The lowest BCUT2D eigenvalue weighted by atomic mass is 10.1. The minimum Gasteiger partial charge on any atom is -0.486 e. The van der Waals surface area contributed by atoms with Crippen LogP contribution in [0, 0.1) is 5.92 Å². The minimum atomic E-state index is -4.09. The van der Waals surface area contributed by atoms with Crippen molar-refractivity contribution in [2.75, 3.05) is 26.2 Å². The number of para-hydroxylation sites is 2. The maximum atomic E-state index is 12.6. The van der Waals surface area contributed by atoms with Crippen LogP contribution in [0.4, 0.5) is 13.2 Å². The Labute approximate surface area is 115 Å². The van der Waals surface area contributed by atoms with E-state index in [4.69, 9.17) is 9.47 Å². The molecule has 2 aliphatic heterocycles. The summed E-state index contributed by atoms with van der Waals surface area (Å²) in [5.74, 6) is 0.146. The van der Waals surface area contributed by atoms with E-state index in [0.717, 1.165) is 0 Å². The van der Waals surface area contributed by atoms with E-state index in [1.54, 1.807) is 4.90 Å². The van der Waals surface area contributed by atoms with Crippen molar-refractivity contribution in [3.63, 3.8) is 0 Å². The van der Waals surface area contributed by atoms with Crippen molar-refractivity contribution in [2.45, 2.75) is 18.7 Å². The van der Waals surface area contributed by atoms with Gasteiger partial charge in [-0.15, -0.1) is 0 Å². The summed E-state index contributed by atoms with van der Waals surface area (Å²) in [6.07, 6.45) is -4.13. The Morgan fingerprint density at radius 1 is 1.20 bits per heavy atom. The first-order valence-electron chi connectivity index (χ1n) is 6.70. The third-order valence-corrected chi connectivity index (χ3v) is 3.76. The summed E-state index contributed by atoms with van der Waals surface area (Å²) >= 11 is 0. The number of alkyl halides is 3. The maximum Gasteiger partial charge on any atom is 0.393 e. The molecule has 0 radical (unpaired) electrons. The Kier molecular flexibility index (Phi) is 3.50. The number of nitrogens with zero attached hydrogens (tertiary/aromatic N) is 1. The van der Waals surface area contributed by atoms with Gasteiger partial charge in [-0.1, -0.05) is 12.1 Å². The van der Waals surface area contributed by atoms with Crippen LogP contribution in [0.1, 0.15) is 6.42 Å². The summed E-state index contributed by atoms with van der Waals surface area (Å²) in [4.78, 5) is 1.81. The number of rotatable bonds is 2. The topological polar surface area (TPSA) is 21.7 Å². The Balaban J connectivity index is 1.56. The molecule has 2 aliphatic rings. The number of halogens is 3. The number of hydrogen-bond acceptors (Lipinski definition) is 3. The zero-order valence-corrected chi connectivity index (χ0v) is 10.9. The van der Waals surface area contributed by atoms with E-state index >= 15 is 0 Å². The highest BCUT2D eigenvalue weighted by Crippen LogP contribution is 2.35. The second-order valence-corrected chi connectivity index (χ2v) is 5.28. The lowest BCUT2D eigenvalue weighted by molar-refractivity contribution is -0.170. The van der Waals surface area contributed by atoms with Gasteiger partial charge >= 0.3 is 6.18 Å². The summed E-state index contributed by atoms with van der Waals surface area (Å²) < 4.78 is 49.2. The highest BCUT2D eigenvalue weighted by atomic mass is 19.4. The smallest absolute Gasteiger partial charge is 0.393 e. The van der Waals surface area contributed by atoms with E-state index in [1.165, 1.54) is 0 Å². The SMILES string of the molecule is FC(F)(F)C1CCN(CC2COc3ccccc3O2)C1. The third kappa shape index (κ3) is 2.85. The molecular weight excluding hydrogens is 271 g/mol. The quantitative estimate of drug-likeness (QED) is 0.835. The van der Waals surface area contributed by atoms with Gasteiger partial charge in [-0.3, -0.25) is 4.90 Å². The highest BCUT2D eigenvalue weighted by Gasteiger charge is 2.44. The molecule has 0 N–H and O–H groups in total. The molecule has 3 rings (SSSR count). The monoisotopic (exact) mass is 287 g/mol. The molecule has 1 aromatic carbocycles. The van der Waals surface area contributed by atoms with Crippen LogP contribution in [0.5, 0.6) is 11.5 Å². The fraction of sp³-hybridized carbons (Fsp3) is 0.571. The predicted molar refractivity (Wildman–Crippen MR) is 67.0 cm³/mol. The molecule has 0 bridgehead atoms. The van der Waals surface area contributed by atoms with Crippen LogP contribution in [-0.2, 0) is 0 Å². The second kappa shape index (κ2) is 5.16. The molecule has 20 heavy (non-hydrogen) atoms. The Morgan fingerprint density at radius 3 is 2.65 bits per heavy atom. The van der Waals surface area contributed by atoms with Crippen molar-refractivity contribution in [3.05, 3.63) is 24.3 Å². The molecule has 0 spiro atoms. The van der Waals surface area contributed by atoms with E-state index in [2.05, 4.69) is 0 Å². The van der Waals surface area contributed by atoms with Gasteiger partial charge in [-0.25, -0.2) is 0 Å². The summed E-state index contributed by atoms with van der Waals surface area (Å²) in [6, 6.07) is 7.34. The zero-order chi connectivity index (χ0) is 14.2. The van der Waals surface area contributed by atoms with E-state index in [1.807, 2.05) is 24.3 Å². The maximum absolute atomic E-state index is 12.6. The number of hydrogen-bond donors (Lipinski definition) is 0. The number of benzene rings is 1. The van der Waals surface area contributed by atoms with Crippen molar-refractivity contribution in [1.29, 1.82) is 0 Å². The number of ether oxygens (including phenoxy) is 2. The Morgan fingerprint density at radius 2 is 1.95 bits per heavy atom. The van der Waals surface area contributed by atoms with Crippen LogP contribution in [0.25, 0.3) is 0 Å². The molecule has 110 valence electrons. The van der Waals surface area contributed by atoms with E-state index in [0.29, 0.717) is 31.2 Å². The van der Waals surface area contributed by atoms with Crippen LogP contribution < -0.4 is 9.47 Å². The van der Waals surface area contributed by atoms with Crippen LogP contribution >= 0.6 is 0 Å². The molecular formula is C14H16F3NO2. The highest BCUT2D eigenvalue weighted by molar-refractivity contribution is 5.40. The minimum absolute atomic E-state index is 0.0605. The van der Waals surface area contributed by atoms with Gasteiger partial charge in [0.2, 0.25) is 0 Å². The van der Waals surface area contributed by atoms with Gasteiger partial charge in [0.05, 0.1) is 5.92 Å². The molecule has 6 heteroatoms. The average molecular weight is 287 g/mol. The van der Waals surface area contributed by atoms with E-state index in [9.17, 15) is 13.2 Å². The molecule has 3 nitrogen and oxygen atoms in total. The Bertz CT molecular complexity index is 478. The van der Waals surface area contributed by atoms with Gasteiger partial charge in [0.15, 0.2) is 11.5 Å². The first-order chi connectivity index (χ1) is 9.52. The largest absolute Gasteiger partial charge is 0.486 e. The van der Waals surface area contributed by atoms with Crippen molar-refractivity contribution in [1.82, 2.24) is 4.90 Å². The predicted octanol–water partition coefficient (Wildman–Crippen LogP) is 2.71. The molecule has 2 unspecified atom stereocenters. The van der Waals surface area contributed by atoms with Gasteiger partial charge in [0.1, 0.15) is 12.7 Å². The average Bonchev–Trinajstić information content (AvgIpc) is 2.87. The number of fused-ring (bicyclic) bond motifs is 1. The normalized spacial score (nSPS) is 26.8. The van der Waals surface area contributed by atoms with Crippen LogP contribution in [0.2, 0.25) is 0 Å². The summed E-state index contributed by atoms with van der Waals surface area (Å²) in [6.45, 7) is 1.38. The molecule has 1 aromatic rings. The van der Waals surface area contributed by atoms with Crippen molar-refractivity contribution < 1.29 is 22.6 Å². The molecule has 0 amide bonds. The third-order valence-electron chi connectivity index (χ3n) is 3.76. The van der Waals surface area contributed by atoms with Gasteiger partial charge in [-0.2, -0.15) is 13.2 Å².